The summed E-state index contributed by atoms with van der Waals surface area (Å²) in [6.07, 6.45) is 5.64. The van der Waals surface area contributed by atoms with Crippen molar-refractivity contribution in [3.05, 3.63) is 128 Å². The third kappa shape index (κ3) is 3.29. The molecule has 0 N–H and O–H groups in total. The molecular formula is C32H21N5Pt+2. The van der Waals surface area contributed by atoms with Crippen molar-refractivity contribution >= 4 is 43.7 Å². The number of pyridine rings is 1. The monoisotopic (exact) mass is 670 g/mol. The molecule has 0 saturated heterocycles. The second-order valence-corrected chi connectivity index (χ2v) is 9.25. The molecule has 8 rings (SSSR count). The van der Waals surface area contributed by atoms with Gasteiger partial charge in [0.05, 0.1) is 22.2 Å². The van der Waals surface area contributed by atoms with Crippen molar-refractivity contribution in [2.24, 2.45) is 0 Å². The second kappa shape index (κ2) is 8.83. The van der Waals surface area contributed by atoms with Gasteiger partial charge in [-0.3, -0.25) is 4.57 Å². The van der Waals surface area contributed by atoms with Crippen LogP contribution in [-0.2, 0) is 21.1 Å². The van der Waals surface area contributed by atoms with Crippen LogP contribution in [-0.4, -0.2) is 23.9 Å². The number of hydrogen-bond acceptors (Lipinski definition) is 2. The fourth-order valence-electron chi connectivity index (χ4n) is 5.63. The van der Waals surface area contributed by atoms with Gasteiger partial charge in [-0.15, -0.1) is 0 Å². The maximum atomic E-state index is 4.78. The quantitative estimate of drug-likeness (QED) is 0.196. The van der Waals surface area contributed by atoms with E-state index in [0.717, 1.165) is 39.1 Å². The van der Waals surface area contributed by atoms with Crippen molar-refractivity contribution < 1.29 is 21.1 Å². The van der Waals surface area contributed by atoms with Crippen molar-refractivity contribution in [3.63, 3.8) is 0 Å². The van der Waals surface area contributed by atoms with Gasteiger partial charge in [0.2, 0.25) is 0 Å². The molecule has 0 radical (unpaired) electrons. The largest absolute Gasteiger partial charge is 2.00 e. The van der Waals surface area contributed by atoms with E-state index in [4.69, 9.17) is 4.98 Å². The zero-order valence-electron chi connectivity index (χ0n) is 20.2. The maximum Gasteiger partial charge on any atom is 2.00 e. The minimum absolute atomic E-state index is 0. The molecule has 0 bridgehead atoms. The first-order chi connectivity index (χ1) is 18.4. The van der Waals surface area contributed by atoms with E-state index in [1.54, 1.807) is 6.20 Å². The fourth-order valence-corrected chi connectivity index (χ4v) is 5.63. The zero-order valence-corrected chi connectivity index (χ0v) is 22.4. The van der Waals surface area contributed by atoms with Crippen LogP contribution in [0.25, 0.3) is 60.8 Å². The zero-order chi connectivity index (χ0) is 24.3. The van der Waals surface area contributed by atoms with Crippen molar-refractivity contribution in [2.45, 2.75) is 0 Å². The first-order valence-electron chi connectivity index (χ1n) is 12.3. The Balaban J connectivity index is 0.00000242. The van der Waals surface area contributed by atoms with Crippen LogP contribution in [0.1, 0.15) is 0 Å². The summed E-state index contributed by atoms with van der Waals surface area (Å²) < 4.78 is 6.52. The molecule has 0 aliphatic heterocycles. The molecule has 4 aromatic carbocycles. The molecule has 0 spiro atoms. The maximum absolute atomic E-state index is 4.78. The smallest absolute Gasteiger partial charge is 0.309 e. The van der Waals surface area contributed by atoms with Gasteiger partial charge in [-0.2, -0.15) is 5.10 Å². The molecule has 0 aliphatic rings. The van der Waals surface area contributed by atoms with E-state index in [9.17, 15) is 0 Å². The van der Waals surface area contributed by atoms with E-state index in [-0.39, 0.29) is 21.1 Å². The Labute approximate surface area is 232 Å². The Hall–Kier alpha value is -4.47. The molecule has 0 atom stereocenters. The van der Waals surface area contributed by atoms with Gasteiger partial charge in [0.25, 0.3) is 0 Å². The molecule has 0 unspecified atom stereocenters. The number of para-hydroxylation sites is 2. The van der Waals surface area contributed by atoms with Gasteiger partial charge in [-0.05, 0) is 60.7 Å². The predicted octanol–water partition coefficient (Wildman–Crippen LogP) is 7.46. The minimum atomic E-state index is 0. The Morgan fingerprint density at radius 2 is 1.16 bits per heavy atom. The summed E-state index contributed by atoms with van der Waals surface area (Å²) in [5.41, 5.74) is 7.65. The summed E-state index contributed by atoms with van der Waals surface area (Å²) in [5, 5.41) is 9.25. The molecule has 182 valence electrons. The minimum Gasteiger partial charge on any atom is -0.309 e. The molecule has 4 aromatic heterocycles. The normalized spacial score (nSPS) is 11.5. The SMILES string of the molecule is [Pt+2].c1cc(-n2cccn2)cc(-n2c3ccccc3c3ccc(-n4c5ccccc5c5cccnc54)cc32)c1. The Kier molecular flexibility index (Phi) is 5.27. The van der Waals surface area contributed by atoms with Crippen molar-refractivity contribution in [1.29, 1.82) is 0 Å². The summed E-state index contributed by atoms with van der Waals surface area (Å²) in [6, 6.07) is 38.5. The molecule has 5 nitrogen and oxygen atoms in total. The Morgan fingerprint density at radius 3 is 1.97 bits per heavy atom. The molecule has 38 heavy (non-hydrogen) atoms. The molecular weight excluding hydrogens is 649 g/mol. The number of rotatable bonds is 3. The standard InChI is InChI=1S/C32H21N5.Pt/c1-3-13-29-25(10-1)27-16-15-24(37-30-14-4-2-11-26(30)28-12-6-17-33-32(28)37)21-31(27)36(29)23-9-5-8-22(20-23)35-19-7-18-34-35;/h1-21H;/q;+2. The molecule has 0 aliphatic carbocycles. The average molecular weight is 671 g/mol. The predicted molar refractivity (Wildman–Crippen MR) is 150 cm³/mol. The van der Waals surface area contributed by atoms with Crippen LogP contribution >= 0.6 is 0 Å². The van der Waals surface area contributed by atoms with Gasteiger partial charge in [0.15, 0.2) is 0 Å². The van der Waals surface area contributed by atoms with Crippen molar-refractivity contribution in [1.82, 2.24) is 23.9 Å². The summed E-state index contributed by atoms with van der Waals surface area (Å²) in [6.45, 7) is 0. The van der Waals surface area contributed by atoms with Gasteiger partial charge >= 0.3 is 21.1 Å². The Morgan fingerprint density at radius 1 is 0.474 bits per heavy atom. The van der Waals surface area contributed by atoms with Gasteiger partial charge in [0.1, 0.15) is 5.65 Å². The first-order valence-corrected chi connectivity index (χ1v) is 12.3. The van der Waals surface area contributed by atoms with Gasteiger partial charge in [-0.1, -0.05) is 48.5 Å². The van der Waals surface area contributed by atoms with Crippen molar-refractivity contribution in [3.8, 4) is 17.1 Å². The van der Waals surface area contributed by atoms with E-state index < -0.39 is 0 Å². The fraction of sp³-hybridized carbons (Fsp3) is 0. The number of fused-ring (bicyclic) bond motifs is 6. The molecule has 0 saturated carbocycles. The first kappa shape index (κ1) is 22.7. The van der Waals surface area contributed by atoms with E-state index in [1.807, 2.05) is 29.2 Å². The molecule has 4 heterocycles. The van der Waals surface area contributed by atoms with Crippen LogP contribution in [0, 0.1) is 0 Å². The third-order valence-electron chi connectivity index (χ3n) is 7.21. The van der Waals surface area contributed by atoms with Crippen LogP contribution in [0.2, 0.25) is 0 Å². The number of aromatic nitrogens is 5. The average Bonchev–Trinajstić information content (AvgIpc) is 3.68. The van der Waals surface area contributed by atoms with E-state index in [2.05, 4.69) is 111 Å². The topological polar surface area (TPSA) is 40.6 Å². The van der Waals surface area contributed by atoms with Crippen LogP contribution in [0.15, 0.2) is 128 Å². The van der Waals surface area contributed by atoms with Gasteiger partial charge < -0.3 is 4.57 Å². The van der Waals surface area contributed by atoms with E-state index in [0.29, 0.717) is 0 Å². The number of nitrogens with zero attached hydrogens (tertiary/aromatic N) is 5. The molecule has 6 heteroatoms. The molecule has 8 aromatic rings. The number of hydrogen-bond donors (Lipinski definition) is 0. The van der Waals surface area contributed by atoms with Crippen LogP contribution in [0.3, 0.4) is 0 Å². The summed E-state index contributed by atoms with van der Waals surface area (Å²) in [5.74, 6) is 0. The summed E-state index contributed by atoms with van der Waals surface area (Å²) in [7, 11) is 0. The van der Waals surface area contributed by atoms with E-state index >= 15 is 0 Å². The number of benzene rings is 4. The van der Waals surface area contributed by atoms with Crippen LogP contribution in [0.5, 0.6) is 0 Å². The Bertz CT molecular complexity index is 2050. The summed E-state index contributed by atoms with van der Waals surface area (Å²) in [4.78, 5) is 4.78. The second-order valence-electron chi connectivity index (χ2n) is 9.25. The molecule has 0 fully saturated rings. The summed E-state index contributed by atoms with van der Waals surface area (Å²) >= 11 is 0. The van der Waals surface area contributed by atoms with Crippen LogP contribution < -0.4 is 0 Å². The third-order valence-corrected chi connectivity index (χ3v) is 7.21. The van der Waals surface area contributed by atoms with E-state index in [1.165, 1.54) is 21.7 Å². The molecule has 0 amide bonds. The van der Waals surface area contributed by atoms with Crippen LogP contribution in [0.4, 0.5) is 0 Å². The van der Waals surface area contributed by atoms with Gasteiger partial charge in [-0.25, -0.2) is 9.67 Å². The van der Waals surface area contributed by atoms with Crippen molar-refractivity contribution in [2.75, 3.05) is 0 Å². The van der Waals surface area contributed by atoms with Gasteiger partial charge in [0, 0.05) is 51.5 Å².